The summed E-state index contributed by atoms with van der Waals surface area (Å²) >= 11 is 3.24. The number of nitrogens with zero attached hydrogens (tertiary/aromatic N) is 1. The van der Waals surface area contributed by atoms with Crippen molar-refractivity contribution in [2.75, 3.05) is 5.32 Å². The summed E-state index contributed by atoms with van der Waals surface area (Å²) in [4.78, 5) is 15.8. The Morgan fingerprint density at radius 2 is 1.84 bits per heavy atom. The average molecular weight is 327 g/mol. The zero-order valence-corrected chi connectivity index (χ0v) is 11.5. The lowest BCUT2D eigenvalue weighted by atomic mass is 10.2. The highest BCUT2D eigenvalue weighted by molar-refractivity contribution is 9.10. The molecule has 0 aliphatic heterocycles. The van der Waals surface area contributed by atoms with Crippen LogP contribution in [0.5, 0.6) is 0 Å². The molecule has 1 amide bonds. The van der Waals surface area contributed by atoms with Crippen LogP contribution in [-0.2, 0) is 0 Å². The van der Waals surface area contributed by atoms with Gasteiger partial charge in [0.15, 0.2) is 0 Å². The molecule has 0 radical (unpaired) electrons. The predicted octanol–water partition coefficient (Wildman–Crippen LogP) is 3.68. The van der Waals surface area contributed by atoms with Gasteiger partial charge in [0.25, 0.3) is 5.91 Å². The number of halogens is 3. The Balaban J connectivity index is 2.22. The monoisotopic (exact) mass is 326 g/mol. The van der Waals surface area contributed by atoms with Crippen LogP contribution in [0, 0.1) is 18.6 Å². The molecular formula is C13H9BrF2N2O. The second kappa shape index (κ2) is 5.44. The lowest BCUT2D eigenvalue weighted by Gasteiger charge is -2.06. The number of benzene rings is 1. The number of anilines is 1. The van der Waals surface area contributed by atoms with Gasteiger partial charge in [-0.15, -0.1) is 0 Å². The zero-order valence-electron chi connectivity index (χ0n) is 9.88. The number of aryl methyl sites for hydroxylation is 1. The first-order chi connectivity index (χ1) is 8.95. The van der Waals surface area contributed by atoms with Crippen molar-refractivity contribution in [2.45, 2.75) is 6.92 Å². The number of aromatic nitrogens is 1. The topological polar surface area (TPSA) is 42.0 Å². The summed E-state index contributed by atoms with van der Waals surface area (Å²) in [6.07, 6.45) is 1.45. The van der Waals surface area contributed by atoms with Crippen molar-refractivity contribution in [1.29, 1.82) is 0 Å². The van der Waals surface area contributed by atoms with Crippen LogP contribution in [0.2, 0.25) is 0 Å². The van der Waals surface area contributed by atoms with Gasteiger partial charge in [0.2, 0.25) is 0 Å². The quantitative estimate of drug-likeness (QED) is 0.855. The molecule has 0 aliphatic rings. The van der Waals surface area contributed by atoms with E-state index in [0.29, 0.717) is 16.4 Å². The maximum atomic E-state index is 13.0. The molecule has 0 saturated heterocycles. The molecule has 3 nitrogen and oxygen atoms in total. The van der Waals surface area contributed by atoms with E-state index < -0.39 is 17.5 Å². The fourth-order valence-corrected chi connectivity index (χ4v) is 1.73. The van der Waals surface area contributed by atoms with E-state index in [1.807, 2.05) is 6.92 Å². The number of hydrogen-bond acceptors (Lipinski definition) is 2. The van der Waals surface area contributed by atoms with E-state index in [9.17, 15) is 13.6 Å². The fourth-order valence-electron chi connectivity index (χ4n) is 1.51. The van der Waals surface area contributed by atoms with Crippen molar-refractivity contribution in [3.05, 3.63) is 57.8 Å². The summed E-state index contributed by atoms with van der Waals surface area (Å²) in [7, 11) is 0. The van der Waals surface area contributed by atoms with Gasteiger partial charge in [0.1, 0.15) is 16.2 Å². The largest absolute Gasteiger partial charge is 0.321 e. The maximum absolute atomic E-state index is 13.0. The van der Waals surface area contributed by atoms with Gasteiger partial charge in [-0.05, 0) is 46.6 Å². The van der Waals surface area contributed by atoms with Gasteiger partial charge in [-0.3, -0.25) is 4.79 Å². The molecule has 0 aliphatic carbocycles. The molecule has 6 heteroatoms. The Labute approximate surface area is 116 Å². The first kappa shape index (κ1) is 13.6. The van der Waals surface area contributed by atoms with E-state index in [-0.39, 0.29) is 5.56 Å². The van der Waals surface area contributed by atoms with Gasteiger partial charge >= 0.3 is 0 Å². The molecule has 1 heterocycles. The number of carbonyl (C=O) groups is 1. The van der Waals surface area contributed by atoms with Crippen molar-refractivity contribution in [1.82, 2.24) is 4.98 Å². The Kier molecular flexibility index (Phi) is 3.90. The number of hydrogen-bond donors (Lipinski definition) is 1. The van der Waals surface area contributed by atoms with Crippen LogP contribution in [0.15, 0.2) is 35.1 Å². The molecule has 0 saturated carbocycles. The van der Waals surface area contributed by atoms with Gasteiger partial charge in [-0.25, -0.2) is 13.8 Å². The highest BCUT2D eigenvalue weighted by Gasteiger charge is 2.10. The normalized spacial score (nSPS) is 10.3. The van der Waals surface area contributed by atoms with Crippen LogP contribution in [0.25, 0.3) is 0 Å². The molecule has 1 aromatic carbocycles. The van der Waals surface area contributed by atoms with Crippen LogP contribution in [0.4, 0.5) is 14.5 Å². The highest BCUT2D eigenvalue weighted by atomic mass is 79.9. The molecule has 0 fully saturated rings. The van der Waals surface area contributed by atoms with Gasteiger partial charge in [-0.1, -0.05) is 0 Å². The zero-order chi connectivity index (χ0) is 14.0. The molecule has 0 unspecified atom stereocenters. The molecule has 1 N–H and O–H groups in total. The summed E-state index contributed by atoms with van der Waals surface area (Å²) in [6, 6.07) is 4.35. The van der Waals surface area contributed by atoms with Crippen molar-refractivity contribution in [2.24, 2.45) is 0 Å². The molecule has 0 bridgehead atoms. The van der Waals surface area contributed by atoms with E-state index >= 15 is 0 Å². The molecule has 2 aromatic rings. The van der Waals surface area contributed by atoms with E-state index in [2.05, 4.69) is 26.2 Å². The van der Waals surface area contributed by atoms with Crippen molar-refractivity contribution >= 4 is 27.5 Å². The summed E-state index contributed by atoms with van der Waals surface area (Å²) < 4.78 is 26.7. The molecular weight excluding hydrogens is 318 g/mol. The molecule has 2 rings (SSSR count). The van der Waals surface area contributed by atoms with Gasteiger partial charge in [0.05, 0.1) is 11.9 Å². The van der Waals surface area contributed by atoms with Crippen LogP contribution >= 0.6 is 15.9 Å². The smallest absolute Gasteiger partial charge is 0.255 e. The van der Waals surface area contributed by atoms with Crippen molar-refractivity contribution in [3.8, 4) is 0 Å². The standard InChI is InChI=1S/C13H9BrF2N2O/c1-7-2-11(6-17-12(7)14)18-13(19)8-3-9(15)5-10(16)4-8/h2-6H,1H3,(H,18,19). The maximum Gasteiger partial charge on any atom is 0.255 e. The number of carbonyl (C=O) groups excluding carboxylic acids is 1. The molecule has 1 aromatic heterocycles. The van der Waals surface area contributed by atoms with Crippen molar-refractivity contribution in [3.63, 3.8) is 0 Å². The van der Waals surface area contributed by atoms with E-state index in [1.54, 1.807) is 6.07 Å². The SMILES string of the molecule is Cc1cc(NC(=O)c2cc(F)cc(F)c2)cnc1Br. The summed E-state index contributed by atoms with van der Waals surface area (Å²) in [5, 5.41) is 2.53. The van der Waals surface area contributed by atoms with E-state index in [0.717, 1.165) is 17.7 Å². The Bertz CT molecular complexity index is 626. The second-order valence-electron chi connectivity index (χ2n) is 3.94. The minimum absolute atomic E-state index is 0.0851. The number of rotatable bonds is 2. The minimum atomic E-state index is -0.796. The molecule has 98 valence electrons. The summed E-state index contributed by atoms with van der Waals surface area (Å²) in [5.41, 5.74) is 1.21. The van der Waals surface area contributed by atoms with Crippen molar-refractivity contribution < 1.29 is 13.6 Å². The Morgan fingerprint density at radius 1 is 1.21 bits per heavy atom. The molecule has 19 heavy (non-hydrogen) atoms. The third-order valence-electron chi connectivity index (χ3n) is 2.40. The summed E-state index contributed by atoms with van der Waals surface area (Å²) in [6.45, 7) is 1.81. The predicted molar refractivity (Wildman–Crippen MR) is 71.0 cm³/mol. The molecule has 0 spiro atoms. The number of nitrogens with one attached hydrogen (secondary N) is 1. The Morgan fingerprint density at radius 3 is 2.42 bits per heavy atom. The minimum Gasteiger partial charge on any atom is -0.321 e. The molecule has 0 atom stereocenters. The lowest BCUT2D eigenvalue weighted by molar-refractivity contribution is 0.102. The van der Waals surface area contributed by atoms with Gasteiger partial charge in [0, 0.05) is 11.6 Å². The highest BCUT2D eigenvalue weighted by Crippen LogP contribution is 2.17. The third-order valence-corrected chi connectivity index (χ3v) is 3.23. The van der Waals surface area contributed by atoms with Crippen LogP contribution in [0.1, 0.15) is 15.9 Å². The fraction of sp³-hybridized carbons (Fsp3) is 0.0769. The van der Waals surface area contributed by atoms with Crippen LogP contribution in [-0.4, -0.2) is 10.9 Å². The Hall–Kier alpha value is -1.82. The second-order valence-corrected chi connectivity index (χ2v) is 4.70. The van der Waals surface area contributed by atoms with E-state index in [4.69, 9.17) is 0 Å². The van der Waals surface area contributed by atoms with Crippen LogP contribution in [0.3, 0.4) is 0 Å². The van der Waals surface area contributed by atoms with E-state index in [1.165, 1.54) is 6.20 Å². The average Bonchev–Trinajstić information content (AvgIpc) is 2.32. The summed E-state index contributed by atoms with van der Waals surface area (Å²) in [5.74, 6) is -2.19. The first-order valence-electron chi connectivity index (χ1n) is 5.35. The van der Waals surface area contributed by atoms with Gasteiger partial charge in [-0.2, -0.15) is 0 Å². The third kappa shape index (κ3) is 3.35. The van der Waals surface area contributed by atoms with Gasteiger partial charge < -0.3 is 5.32 Å². The number of pyridine rings is 1. The number of amides is 1. The lowest BCUT2D eigenvalue weighted by Crippen LogP contribution is -2.13. The van der Waals surface area contributed by atoms with Crippen LogP contribution < -0.4 is 5.32 Å². The first-order valence-corrected chi connectivity index (χ1v) is 6.14.